The molecule has 0 bridgehead atoms. The fourth-order valence-electron chi connectivity index (χ4n) is 2.32. The smallest absolute Gasteiger partial charge is 0.0253 e. The molecule has 3 aromatic carbocycles. The normalized spacial score (nSPS) is 9.92. The largest absolute Gasteiger partial charge is 1.00 e. The number of rotatable bonds is 1. The third-order valence-corrected chi connectivity index (χ3v) is 6.11. The van der Waals surface area contributed by atoms with Crippen molar-refractivity contribution in [3.63, 3.8) is 0 Å². The topological polar surface area (TPSA) is 0 Å². The zero-order valence-electron chi connectivity index (χ0n) is 15.5. The summed E-state index contributed by atoms with van der Waals surface area (Å²) in [5.41, 5.74) is 5.51. The van der Waals surface area contributed by atoms with Crippen LogP contribution >= 0.6 is 0 Å². The first-order chi connectivity index (χ1) is 11.6. The van der Waals surface area contributed by atoms with Crippen LogP contribution in [0.25, 0.3) is 11.1 Å². The van der Waals surface area contributed by atoms with E-state index in [1.165, 1.54) is 46.1 Å². The summed E-state index contributed by atoms with van der Waals surface area (Å²) in [4.78, 5) is 0. The van der Waals surface area contributed by atoms with Gasteiger partial charge in [-0.1, -0.05) is 35.4 Å². The molecule has 4 rings (SSSR count). The van der Waals surface area contributed by atoms with Gasteiger partial charge in [0, 0.05) is 0 Å². The summed E-state index contributed by atoms with van der Waals surface area (Å²) in [5, 5.41) is 0. The molecule has 0 saturated heterocycles. The van der Waals surface area contributed by atoms with Crippen LogP contribution in [0.1, 0.15) is 31.9 Å². The Morgan fingerprint density at radius 2 is 1.54 bits per heavy atom. The molecule has 1 aliphatic carbocycles. The van der Waals surface area contributed by atoms with Crippen LogP contribution in [0, 0.1) is 12.0 Å². The summed E-state index contributed by atoms with van der Waals surface area (Å²) >= 11 is 1.27. The minimum Gasteiger partial charge on any atom is -1.00 e. The van der Waals surface area contributed by atoms with Crippen LogP contribution in [0.2, 0.25) is 0 Å². The summed E-state index contributed by atoms with van der Waals surface area (Å²) < 4.78 is 1.65. The van der Waals surface area contributed by atoms with Crippen molar-refractivity contribution in [3.05, 3.63) is 90.0 Å². The van der Waals surface area contributed by atoms with Gasteiger partial charge in [-0.2, -0.15) is 48.0 Å². The molecule has 0 saturated carbocycles. The van der Waals surface area contributed by atoms with E-state index in [-0.39, 0.29) is 24.8 Å². The van der Waals surface area contributed by atoms with Crippen LogP contribution in [0.15, 0.2) is 72.8 Å². The Morgan fingerprint density at radius 1 is 0.962 bits per heavy atom. The van der Waals surface area contributed by atoms with Gasteiger partial charge in [-0.3, -0.25) is 0 Å². The first-order valence-corrected chi connectivity index (χ1v) is 10.2. The molecule has 0 nitrogen and oxygen atoms in total. The Labute approximate surface area is 185 Å². The van der Waals surface area contributed by atoms with Gasteiger partial charge in [0.05, 0.1) is 0 Å². The third-order valence-electron chi connectivity index (χ3n) is 4.04. The van der Waals surface area contributed by atoms with E-state index in [0.29, 0.717) is 0 Å². The molecule has 0 N–H and O–H groups in total. The summed E-state index contributed by atoms with van der Waals surface area (Å²) in [5.74, 6) is 0.830. The van der Waals surface area contributed by atoms with Crippen LogP contribution < -0.4 is 24.8 Å². The van der Waals surface area contributed by atoms with E-state index in [2.05, 4.69) is 63.2 Å². The number of benzene rings is 2. The van der Waals surface area contributed by atoms with Crippen molar-refractivity contribution >= 4 is 3.26 Å². The fraction of sp³-hybridized carbons (Fsp3) is 0.217. The first kappa shape index (κ1) is 25.1. The van der Waals surface area contributed by atoms with E-state index >= 15 is 0 Å². The fourth-order valence-corrected chi connectivity index (χ4v) is 2.32. The first-order valence-electron chi connectivity index (χ1n) is 8.39. The Kier molecular flexibility index (Phi) is 12.8. The summed E-state index contributed by atoms with van der Waals surface area (Å²) in [6, 6.07) is 28.1. The summed E-state index contributed by atoms with van der Waals surface area (Å²) in [7, 11) is 0. The zero-order valence-corrected chi connectivity index (χ0v) is 20.6. The number of fused-ring (bicyclic) bond motifs is 3. The monoisotopic (exact) mass is 550 g/mol. The number of hydrogen-bond donors (Lipinski definition) is 0. The van der Waals surface area contributed by atoms with Gasteiger partial charge < -0.3 is 24.8 Å². The van der Waals surface area contributed by atoms with Crippen molar-refractivity contribution in [3.8, 4) is 11.1 Å². The second kappa shape index (κ2) is 13.3. The maximum absolute atomic E-state index is 3.30. The third kappa shape index (κ3) is 7.78. The molecule has 0 spiro atoms. The molecule has 3 heteroatoms. The van der Waals surface area contributed by atoms with Gasteiger partial charge >= 0.3 is 53.8 Å². The zero-order chi connectivity index (χ0) is 17.4. The molecule has 0 aromatic heterocycles. The van der Waals surface area contributed by atoms with E-state index in [9.17, 15) is 0 Å². The molecule has 0 fully saturated rings. The number of hydrogen-bond acceptors (Lipinski definition) is 0. The minimum atomic E-state index is 0. The van der Waals surface area contributed by atoms with Gasteiger partial charge in [-0.05, 0) is 6.42 Å². The molecule has 0 unspecified atom stereocenters. The van der Waals surface area contributed by atoms with Crippen LogP contribution in [0.4, 0.5) is 0 Å². The standard InChI is InChI=1S/C13H9.C5H5.C5H10.2ClH.Hf/c1-3-7-12-10(5-1)9-11-6-2-4-8-13(11)12;1-2-4-5-3-1;1-4-5(2)3;;;/h1-5,7-8H,9H2;1-5H;5H,1-3H3;2*1H;/q2*-1;;;;+2/p-2. The van der Waals surface area contributed by atoms with Gasteiger partial charge in [0.15, 0.2) is 0 Å². The molecule has 136 valence electrons. The second-order valence-electron chi connectivity index (χ2n) is 6.20. The van der Waals surface area contributed by atoms with Gasteiger partial charge in [0.25, 0.3) is 0 Å². The predicted octanol–water partition coefficient (Wildman–Crippen LogP) is -0.147. The SMILES string of the molecule is C[C](=[Hf+2])C(C)C.[Cl-].[Cl-].[c-]1cccc2c1Cc1ccccc1-2.c1cc[cH-]c1. The van der Waals surface area contributed by atoms with E-state index in [1.807, 2.05) is 36.4 Å². The van der Waals surface area contributed by atoms with Crippen LogP contribution in [0.3, 0.4) is 0 Å². The van der Waals surface area contributed by atoms with Crippen LogP contribution in [-0.4, -0.2) is 3.26 Å². The summed E-state index contributed by atoms with van der Waals surface area (Å²) in [6.07, 6.45) is 1.05. The molecular formula is C23H24Cl2Hf-2. The molecule has 3 aromatic rings. The number of halogens is 2. The molecule has 0 atom stereocenters. The van der Waals surface area contributed by atoms with Crippen molar-refractivity contribution < 1.29 is 48.7 Å². The summed E-state index contributed by atoms with van der Waals surface area (Å²) in [6.45, 7) is 6.70. The van der Waals surface area contributed by atoms with Crippen LogP contribution in [0.5, 0.6) is 0 Å². The van der Waals surface area contributed by atoms with Crippen molar-refractivity contribution in [2.24, 2.45) is 5.92 Å². The van der Waals surface area contributed by atoms with Gasteiger partial charge in [-0.15, -0.1) is 5.56 Å². The molecule has 0 heterocycles. The van der Waals surface area contributed by atoms with Crippen molar-refractivity contribution in [1.29, 1.82) is 0 Å². The van der Waals surface area contributed by atoms with Gasteiger partial charge in [-0.25, -0.2) is 12.1 Å². The van der Waals surface area contributed by atoms with Gasteiger partial charge in [0.2, 0.25) is 0 Å². The second-order valence-corrected chi connectivity index (χ2v) is 9.03. The molecule has 26 heavy (non-hydrogen) atoms. The average Bonchev–Trinajstić information content (AvgIpc) is 3.26. The van der Waals surface area contributed by atoms with Gasteiger partial charge in [0.1, 0.15) is 0 Å². The Hall–Kier alpha value is -0.890. The maximum Gasteiger partial charge on any atom is -0.0253 e. The minimum absolute atomic E-state index is 0. The molecule has 0 aliphatic heterocycles. The molecular weight excluding hydrogens is 526 g/mol. The quantitative estimate of drug-likeness (QED) is 0.229. The molecule has 0 radical (unpaired) electrons. The Balaban J connectivity index is 0.000000410. The van der Waals surface area contributed by atoms with Crippen molar-refractivity contribution in [1.82, 2.24) is 0 Å². The Morgan fingerprint density at radius 3 is 2.08 bits per heavy atom. The van der Waals surface area contributed by atoms with E-state index in [1.54, 1.807) is 3.26 Å². The average molecular weight is 550 g/mol. The molecule has 0 amide bonds. The predicted molar refractivity (Wildman–Crippen MR) is 101 cm³/mol. The molecule has 1 aliphatic rings. The van der Waals surface area contributed by atoms with Crippen molar-refractivity contribution in [2.45, 2.75) is 27.2 Å². The maximum atomic E-state index is 3.30. The van der Waals surface area contributed by atoms with E-state index < -0.39 is 0 Å². The van der Waals surface area contributed by atoms with E-state index in [0.717, 1.165) is 12.3 Å². The van der Waals surface area contributed by atoms with Crippen LogP contribution in [-0.2, 0) is 30.3 Å². The van der Waals surface area contributed by atoms with E-state index in [4.69, 9.17) is 0 Å². The Bertz CT molecular complexity index is 701. The van der Waals surface area contributed by atoms with Crippen molar-refractivity contribution in [2.75, 3.05) is 0 Å².